The molecule has 0 fully saturated rings. The number of nitrogens with zero attached hydrogens (tertiary/aromatic N) is 5. The normalized spacial score (nSPS) is 13.6. The van der Waals surface area contributed by atoms with Crippen molar-refractivity contribution in [2.75, 3.05) is 35.2 Å². The van der Waals surface area contributed by atoms with E-state index in [-0.39, 0.29) is 0 Å². The summed E-state index contributed by atoms with van der Waals surface area (Å²) in [6.07, 6.45) is 2.26. The van der Waals surface area contributed by atoms with Crippen LogP contribution in [0.15, 0.2) is 24.3 Å². The molecular weight excluding hydrogens is 360 g/mol. The highest BCUT2D eigenvalue weighted by atomic mass is 32.1. The number of nitrogens with one attached hydrogen (secondary N) is 3. The average molecular weight is 386 g/mol. The Kier molecular flexibility index (Phi) is 4.93. The molecule has 1 aliphatic heterocycles. The summed E-state index contributed by atoms with van der Waals surface area (Å²) in [4.78, 5) is 14.8. The van der Waals surface area contributed by atoms with Gasteiger partial charge in [-0.1, -0.05) is 28.2 Å². The summed E-state index contributed by atoms with van der Waals surface area (Å²) in [6, 6.07) is 8.59. The molecule has 3 heterocycles. The van der Waals surface area contributed by atoms with Crippen molar-refractivity contribution >= 4 is 35.6 Å². The Morgan fingerprint density at radius 1 is 1.19 bits per heavy atom. The van der Waals surface area contributed by atoms with Gasteiger partial charge in [-0.25, -0.2) is 4.98 Å². The van der Waals surface area contributed by atoms with Crippen LogP contribution in [0.3, 0.4) is 0 Å². The average Bonchev–Trinajstić information content (AvgIpc) is 2.98. The minimum absolute atomic E-state index is 0.583. The number of rotatable bonds is 6. The molecule has 0 radical (unpaired) electrons. The summed E-state index contributed by atoms with van der Waals surface area (Å²) in [7, 11) is 0. The molecule has 0 aliphatic carbocycles. The molecule has 3 N–H and O–H groups in total. The van der Waals surface area contributed by atoms with E-state index >= 15 is 0 Å². The molecule has 0 unspecified atom stereocenters. The van der Waals surface area contributed by atoms with Gasteiger partial charge in [0.1, 0.15) is 6.67 Å². The van der Waals surface area contributed by atoms with Gasteiger partial charge < -0.3 is 15.5 Å². The van der Waals surface area contributed by atoms with Crippen molar-refractivity contribution in [1.82, 2.24) is 19.6 Å². The molecule has 0 saturated carbocycles. The summed E-state index contributed by atoms with van der Waals surface area (Å²) in [5.41, 5.74) is 2.66. The minimum Gasteiger partial charge on any atom is -0.351 e. The molecule has 3 aromatic rings. The zero-order valence-electron chi connectivity index (χ0n) is 15.7. The van der Waals surface area contributed by atoms with Gasteiger partial charge in [-0.15, -0.1) is 4.52 Å². The number of benzene rings is 1. The smallest absolute Gasteiger partial charge is 0.351 e. The minimum atomic E-state index is 0.583. The van der Waals surface area contributed by atoms with Crippen molar-refractivity contribution in [3.8, 4) is 0 Å². The Bertz CT molecular complexity index is 1010. The van der Waals surface area contributed by atoms with Gasteiger partial charge in [0.25, 0.3) is 0 Å². The van der Waals surface area contributed by atoms with Gasteiger partial charge in [-0.3, -0.25) is 0 Å². The number of para-hydroxylation sites is 1. The van der Waals surface area contributed by atoms with Gasteiger partial charge in [-0.2, -0.15) is 4.68 Å². The predicted octanol–water partition coefficient (Wildman–Crippen LogP) is 2.35. The van der Waals surface area contributed by atoms with Crippen LogP contribution < -0.4 is 20.0 Å². The SMILES string of the molecule is CCNc1nc(NCC)[n+]2c(n1)[nH]c(=S)n2CN1CCCc2ccccc21. The molecule has 0 amide bonds. The Labute approximate surface area is 163 Å². The number of fused-ring (bicyclic) bond motifs is 2. The van der Waals surface area contributed by atoms with Crippen LogP contribution in [0.4, 0.5) is 17.6 Å². The highest BCUT2D eigenvalue weighted by Crippen LogP contribution is 2.26. The van der Waals surface area contributed by atoms with Crippen molar-refractivity contribution in [2.45, 2.75) is 33.4 Å². The maximum absolute atomic E-state index is 5.62. The molecule has 1 aromatic carbocycles. The maximum atomic E-state index is 5.62. The van der Waals surface area contributed by atoms with E-state index in [9.17, 15) is 0 Å². The quantitative estimate of drug-likeness (QED) is 0.447. The van der Waals surface area contributed by atoms with Crippen LogP contribution in [0.2, 0.25) is 0 Å². The van der Waals surface area contributed by atoms with Crippen LogP contribution in [0.1, 0.15) is 25.8 Å². The molecule has 8 nitrogen and oxygen atoms in total. The largest absolute Gasteiger partial charge is 0.353 e. The molecule has 0 bridgehead atoms. The highest BCUT2D eigenvalue weighted by Gasteiger charge is 2.23. The van der Waals surface area contributed by atoms with Crippen LogP contribution in [0.5, 0.6) is 0 Å². The van der Waals surface area contributed by atoms with Crippen molar-refractivity contribution in [3.05, 3.63) is 34.6 Å². The second-order valence-corrected chi connectivity index (χ2v) is 6.92. The standard InChI is InChI=1S/C18H24N8S/c1-3-19-15-21-16(20-4-2)26-17(22-15)23-18(27)25(26)12-24-11-7-9-13-8-5-6-10-14(13)24/h5-6,8,10H,3-4,7,9,11-12H2,1-2H3,(H2,19,20,21,22,23,27)/p+1. The third-order valence-electron chi connectivity index (χ3n) is 4.70. The molecule has 0 atom stereocenters. The first-order chi connectivity index (χ1) is 13.2. The van der Waals surface area contributed by atoms with Crippen LogP contribution in [-0.4, -0.2) is 39.3 Å². The maximum Gasteiger partial charge on any atom is 0.353 e. The molecule has 142 valence electrons. The van der Waals surface area contributed by atoms with E-state index in [0.29, 0.717) is 23.2 Å². The first-order valence-electron chi connectivity index (χ1n) is 9.44. The van der Waals surface area contributed by atoms with Crippen LogP contribution in [0.25, 0.3) is 5.78 Å². The van der Waals surface area contributed by atoms with Crippen LogP contribution >= 0.6 is 12.2 Å². The lowest BCUT2D eigenvalue weighted by molar-refractivity contribution is -0.602. The monoisotopic (exact) mass is 385 g/mol. The second-order valence-electron chi connectivity index (χ2n) is 6.53. The molecule has 4 rings (SSSR count). The number of aromatic nitrogens is 5. The molecular formula is C18H25N8S+. The van der Waals surface area contributed by atoms with Gasteiger partial charge in [-0.05, 0) is 50.5 Å². The Hall–Kier alpha value is -2.68. The highest BCUT2D eigenvalue weighted by molar-refractivity contribution is 7.71. The van der Waals surface area contributed by atoms with E-state index in [1.807, 2.05) is 23.0 Å². The number of aryl methyl sites for hydroxylation is 1. The van der Waals surface area contributed by atoms with Gasteiger partial charge >= 0.3 is 17.7 Å². The van der Waals surface area contributed by atoms with Crippen molar-refractivity contribution < 1.29 is 4.52 Å². The number of hydrogen-bond acceptors (Lipinski definition) is 6. The zero-order valence-corrected chi connectivity index (χ0v) is 16.5. The molecule has 9 heteroatoms. The molecule has 1 aliphatic rings. The first-order valence-corrected chi connectivity index (χ1v) is 9.85. The Morgan fingerprint density at radius 3 is 2.81 bits per heavy atom. The number of anilines is 3. The first kappa shape index (κ1) is 17.7. The van der Waals surface area contributed by atoms with Crippen LogP contribution in [-0.2, 0) is 13.1 Å². The summed E-state index contributed by atoms with van der Waals surface area (Å²) >= 11 is 5.62. The van der Waals surface area contributed by atoms with E-state index in [0.717, 1.165) is 38.4 Å². The lowest BCUT2D eigenvalue weighted by atomic mass is 10.0. The summed E-state index contributed by atoms with van der Waals surface area (Å²) < 4.78 is 4.57. The second kappa shape index (κ2) is 7.51. The van der Waals surface area contributed by atoms with Crippen molar-refractivity contribution in [2.24, 2.45) is 0 Å². The fourth-order valence-electron chi connectivity index (χ4n) is 3.54. The topological polar surface area (TPSA) is 77.9 Å². The van der Waals surface area contributed by atoms with Crippen molar-refractivity contribution in [3.63, 3.8) is 0 Å². The molecule has 2 aromatic heterocycles. The van der Waals surface area contributed by atoms with E-state index in [2.05, 4.69) is 54.8 Å². The van der Waals surface area contributed by atoms with Crippen molar-refractivity contribution in [1.29, 1.82) is 0 Å². The Morgan fingerprint density at radius 2 is 2.00 bits per heavy atom. The fourth-order valence-corrected chi connectivity index (χ4v) is 3.77. The fraction of sp³-hybridized carbons (Fsp3) is 0.444. The number of hydrogen-bond donors (Lipinski definition) is 3. The van der Waals surface area contributed by atoms with Gasteiger partial charge in [0.2, 0.25) is 4.77 Å². The summed E-state index contributed by atoms with van der Waals surface area (Å²) in [6.45, 7) is 7.23. The van der Waals surface area contributed by atoms with Crippen LogP contribution in [0, 0.1) is 4.77 Å². The van der Waals surface area contributed by atoms with Gasteiger partial charge in [0.05, 0.1) is 0 Å². The van der Waals surface area contributed by atoms with Gasteiger partial charge in [0.15, 0.2) is 0 Å². The lowest BCUT2D eigenvalue weighted by Gasteiger charge is -2.31. The lowest BCUT2D eigenvalue weighted by Crippen LogP contribution is -2.43. The third kappa shape index (κ3) is 3.34. The molecule has 0 spiro atoms. The number of aromatic amines is 1. The third-order valence-corrected chi connectivity index (χ3v) is 5.01. The number of H-pyrrole nitrogens is 1. The predicted molar refractivity (Wildman–Crippen MR) is 109 cm³/mol. The van der Waals surface area contributed by atoms with E-state index in [1.165, 1.54) is 11.3 Å². The summed E-state index contributed by atoms with van der Waals surface area (Å²) in [5.74, 6) is 1.98. The summed E-state index contributed by atoms with van der Waals surface area (Å²) in [5, 5.41) is 6.50. The molecule has 27 heavy (non-hydrogen) atoms. The van der Waals surface area contributed by atoms with E-state index in [4.69, 9.17) is 12.2 Å². The Balaban J connectivity index is 1.78. The van der Waals surface area contributed by atoms with E-state index < -0.39 is 0 Å². The molecule has 0 saturated heterocycles. The van der Waals surface area contributed by atoms with Gasteiger partial charge in [0, 0.05) is 25.3 Å². The zero-order chi connectivity index (χ0) is 18.8. The van der Waals surface area contributed by atoms with E-state index in [1.54, 1.807) is 0 Å².